The molecule has 0 fully saturated rings. The van der Waals surface area contributed by atoms with E-state index in [4.69, 9.17) is 16.6 Å². The first kappa shape index (κ1) is 23.9. The van der Waals surface area contributed by atoms with E-state index in [9.17, 15) is 18.0 Å². The lowest BCUT2D eigenvalue weighted by molar-refractivity contribution is -0.137. The van der Waals surface area contributed by atoms with Crippen molar-refractivity contribution in [3.05, 3.63) is 95.0 Å². The van der Waals surface area contributed by atoms with E-state index in [1.807, 2.05) is 54.6 Å². The molecule has 0 saturated carbocycles. The molecule has 1 amide bonds. The maximum absolute atomic E-state index is 13.0. The Morgan fingerprint density at radius 1 is 0.972 bits per heavy atom. The zero-order valence-electron chi connectivity index (χ0n) is 19.0. The van der Waals surface area contributed by atoms with Crippen molar-refractivity contribution < 1.29 is 18.0 Å². The summed E-state index contributed by atoms with van der Waals surface area (Å²) in [6.07, 6.45) is -3.27. The van der Waals surface area contributed by atoms with Crippen LogP contribution in [0.15, 0.2) is 78.9 Å². The Bertz CT molecular complexity index is 1580. The number of para-hydroxylation sites is 1. The third-order valence-electron chi connectivity index (χ3n) is 6.03. The Kier molecular flexibility index (Phi) is 6.41. The Hall–Kier alpha value is -3.84. The molecular weight excluding hydrogens is 487 g/mol. The number of H-pyrrole nitrogens is 1. The summed E-state index contributed by atoms with van der Waals surface area (Å²) < 4.78 is 38.9. The number of rotatable bonds is 6. The van der Waals surface area contributed by atoms with Crippen molar-refractivity contribution in [2.45, 2.75) is 25.4 Å². The van der Waals surface area contributed by atoms with E-state index in [1.165, 1.54) is 12.1 Å². The van der Waals surface area contributed by atoms with E-state index in [2.05, 4.69) is 10.3 Å². The summed E-state index contributed by atoms with van der Waals surface area (Å²) in [6.45, 7) is 0. The van der Waals surface area contributed by atoms with Crippen molar-refractivity contribution in [1.29, 1.82) is 0 Å². The lowest BCUT2D eigenvalue weighted by atomic mass is 10.0. The minimum Gasteiger partial charge on any atom is -0.353 e. The highest BCUT2D eigenvalue weighted by Gasteiger charge is 2.30. The van der Waals surface area contributed by atoms with Crippen molar-refractivity contribution >= 4 is 45.0 Å². The fraction of sp³-hybridized carbons (Fsp3) is 0.143. The number of pyridine rings is 1. The minimum atomic E-state index is -4.47. The highest BCUT2D eigenvalue weighted by molar-refractivity contribution is 6.31. The number of nitrogens with zero attached hydrogens (tertiary/aromatic N) is 1. The van der Waals surface area contributed by atoms with Crippen LogP contribution in [0.5, 0.6) is 0 Å². The molecule has 8 heteroatoms. The number of benzene rings is 3. The normalized spacial score (nSPS) is 11.8. The molecule has 5 rings (SSSR count). The largest absolute Gasteiger partial charge is 0.416 e. The quantitative estimate of drug-likeness (QED) is 0.244. The molecule has 36 heavy (non-hydrogen) atoms. The summed E-state index contributed by atoms with van der Waals surface area (Å²) in [4.78, 5) is 20.7. The number of hydrogen-bond donors (Lipinski definition) is 2. The molecule has 0 spiro atoms. The van der Waals surface area contributed by atoms with Gasteiger partial charge in [-0.2, -0.15) is 13.2 Å². The first-order valence-electron chi connectivity index (χ1n) is 11.4. The van der Waals surface area contributed by atoms with Crippen LogP contribution in [0.3, 0.4) is 0 Å². The predicted octanol–water partition coefficient (Wildman–Crippen LogP) is 8.02. The number of carbonyl (C=O) groups excluding carboxylic acids is 1. The number of anilines is 1. The maximum atomic E-state index is 13.0. The summed E-state index contributed by atoms with van der Waals surface area (Å²) in [7, 11) is 0. The topological polar surface area (TPSA) is 57.8 Å². The van der Waals surface area contributed by atoms with Crippen molar-refractivity contribution in [3.63, 3.8) is 0 Å². The molecule has 5 aromatic rings. The number of aromatic amines is 1. The standard InChI is InChI=1S/C28H21ClF3N3O/c29-19-12-14-24-22(16-19)21(27(35-24)25-13-11-17-5-1-2-9-23(17)34-25)8-4-10-26(36)33-20-7-3-6-18(15-20)28(30,31)32/h1-3,5-7,9,11-16,35H,4,8,10H2,(H,33,36). The van der Waals surface area contributed by atoms with E-state index in [0.717, 1.165) is 50.9 Å². The molecule has 0 atom stereocenters. The van der Waals surface area contributed by atoms with Gasteiger partial charge in [-0.05, 0) is 66.9 Å². The molecule has 182 valence electrons. The molecule has 0 unspecified atom stereocenters. The van der Waals surface area contributed by atoms with Gasteiger partial charge in [0, 0.05) is 33.4 Å². The maximum Gasteiger partial charge on any atom is 0.416 e. The number of carbonyl (C=O) groups is 1. The van der Waals surface area contributed by atoms with Crippen LogP contribution < -0.4 is 5.32 Å². The first-order chi connectivity index (χ1) is 17.3. The smallest absolute Gasteiger partial charge is 0.353 e. The van der Waals surface area contributed by atoms with Gasteiger partial charge in [0.05, 0.1) is 22.5 Å². The van der Waals surface area contributed by atoms with Crippen LogP contribution in [-0.2, 0) is 17.4 Å². The average molecular weight is 508 g/mol. The van der Waals surface area contributed by atoms with Gasteiger partial charge in [0.25, 0.3) is 0 Å². The number of hydrogen-bond acceptors (Lipinski definition) is 2. The Labute approximate surface area is 210 Å². The van der Waals surface area contributed by atoms with Crippen molar-refractivity contribution in [3.8, 4) is 11.4 Å². The predicted molar refractivity (Wildman–Crippen MR) is 137 cm³/mol. The molecular formula is C28H21ClF3N3O. The molecule has 3 aromatic carbocycles. The number of amides is 1. The third kappa shape index (κ3) is 5.06. The van der Waals surface area contributed by atoms with E-state index < -0.39 is 11.7 Å². The zero-order valence-corrected chi connectivity index (χ0v) is 19.8. The first-order valence-corrected chi connectivity index (χ1v) is 11.8. The van der Waals surface area contributed by atoms with Gasteiger partial charge in [-0.25, -0.2) is 4.98 Å². The molecule has 0 aliphatic carbocycles. The monoisotopic (exact) mass is 507 g/mol. The van der Waals surface area contributed by atoms with E-state index in [-0.39, 0.29) is 18.0 Å². The summed E-state index contributed by atoms with van der Waals surface area (Å²) in [5, 5.41) is 5.15. The average Bonchev–Trinajstić information content (AvgIpc) is 3.21. The van der Waals surface area contributed by atoms with E-state index >= 15 is 0 Å². The van der Waals surface area contributed by atoms with Gasteiger partial charge in [0.1, 0.15) is 0 Å². The molecule has 0 aliphatic rings. The van der Waals surface area contributed by atoms with Crippen molar-refractivity contribution in [2.24, 2.45) is 0 Å². The van der Waals surface area contributed by atoms with Gasteiger partial charge in [0.15, 0.2) is 0 Å². The molecule has 2 N–H and O–H groups in total. The molecule has 0 aliphatic heterocycles. The van der Waals surface area contributed by atoms with Gasteiger partial charge < -0.3 is 10.3 Å². The number of nitrogens with one attached hydrogen (secondary N) is 2. The highest BCUT2D eigenvalue weighted by atomic mass is 35.5. The second-order valence-corrected chi connectivity index (χ2v) is 8.97. The number of halogens is 4. The van der Waals surface area contributed by atoms with Crippen LogP contribution in [0.1, 0.15) is 24.0 Å². The van der Waals surface area contributed by atoms with Crippen LogP contribution in [-0.4, -0.2) is 15.9 Å². The molecule has 2 aromatic heterocycles. The molecule has 0 radical (unpaired) electrons. The lowest BCUT2D eigenvalue weighted by Crippen LogP contribution is -2.13. The minimum absolute atomic E-state index is 0.120. The molecule has 0 saturated heterocycles. The summed E-state index contributed by atoms with van der Waals surface area (Å²) in [5.41, 5.74) is 3.73. The van der Waals surface area contributed by atoms with Gasteiger partial charge in [-0.15, -0.1) is 0 Å². The number of alkyl halides is 3. The van der Waals surface area contributed by atoms with Crippen molar-refractivity contribution in [1.82, 2.24) is 9.97 Å². The molecule has 0 bridgehead atoms. The van der Waals surface area contributed by atoms with E-state index in [1.54, 1.807) is 0 Å². The van der Waals surface area contributed by atoms with Gasteiger partial charge >= 0.3 is 6.18 Å². The van der Waals surface area contributed by atoms with Gasteiger partial charge in [-0.1, -0.05) is 41.9 Å². The Morgan fingerprint density at radius 3 is 2.64 bits per heavy atom. The van der Waals surface area contributed by atoms with Crippen LogP contribution in [0.4, 0.5) is 18.9 Å². The number of aryl methyl sites for hydroxylation is 1. The molecule has 2 heterocycles. The van der Waals surface area contributed by atoms with Crippen LogP contribution in [0.2, 0.25) is 5.02 Å². The van der Waals surface area contributed by atoms with E-state index in [0.29, 0.717) is 17.9 Å². The number of fused-ring (bicyclic) bond motifs is 2. The fourth-order valence-electron chi connectivity index (χ4n) is 4.33. The third-order valence-corrected chi connectivity index (χ3v) is 6.26. The number of aromatic nitrogens is 2. The second kappa shape index (κ2) is 9.66. The SMILES string of the molecule is O=C(CCCc1c(-c2ccc3ccccc3n2)[nH]c2ccc(Cl)cc12)Nc1cccc(C(F)(F)F)c1. The lowest BCUT2D eigenvalue weighted by Gasteiger charge is -2.10. The zero-order chi connectivity index (χ0) is 25.3. The van der Waals surface area contributed by atoms with Crippen LogP contribution in [0.25, 0.3) is 33.2 Å². The van der Waals surface area contributed by atoms with Crippen LogP contribution >= 0.6 is 11.6 Å². The Morgan fingerprint density at radius 2 is 1.81 bits per heavy atom. The van der Waals surface area contributed by atoms with Gasteiger partial charge in [0.2, 0.25) is 5.91 Å². The highest BCUT2D eigenvalue weighted by Crippen LogP contribution is 2.34. The Balaban J connectivity index is 1.37. The van der Waals surface area contributed by atoms with Gasteiger partial charge in [-0.3, -0.25) is 4.79 Å². The molecule has 4 nitrogen and oxygen atoms in total. The second-order valence-electron chi connectivity index (χ2n) is 8.54. The van der Waals surface area contributed by atoms with Crippen LogP contribution in [0, 0.1) is 0 Å². The van der Waals surface area contributed by atoms with Crippen molar-refractivity contribution in [2.75, 3.05) is 5.32 Å². The summed E-state index contributed by atoms with van der Waals surface area (Å²) in [5.74, 6) is -0.349. The summed E-state index contributed by atoms with van der Waals surface area (Å²) in [6, 6.07) is 22.1. The fourth-order valence-corrected chi connectivity index (χ4v) is 4.50. The summed E-state index contributed by atoms with van der Waals surface area (Å²) >= 11 is 6.27.